The van der Waals surface area contributed by atoms with Gasteiger partial charge in [0.1, 0.15) is 0 Å². The molecule has 3 nitrogen and oxygen atoms in total. The van der Waals surface area contributed by atoms with Crippen LogP contribution in [0.1, 0.15) is 0 Å². The molecule has 0 saturated heterocycles. The van der Waals surface area contributed by atoms with Crippen molar-refractivity contribution in [3.05, 3.63) is 0 Å². The normalized spacial score (nSPS) is 7.20. The van der Waals surface area contributed by atoms with Gasteiger partial charge in [-0.1, -0.05) is 0 Å². The summed E-state index contributed by atoms with van der Waals surface area (Å²) in [4.78, 5) is 25.4. The van der Waals surface area contributed by atoms with Gasteiger partial charge in [-0.2, -0.15) is 0 Å². The van der Waals surface area contributed by atoms with Crippen molar-refractivity contribution in [2.75, 3.05) is 0 Å². The molecule has 0 saturated carbocycles. The minimum absolute atomic E-state index is 0. The van der Waals surface area contributed by atoms with E-state index in [4.69, 9.17) is 14.7 Å². The molecule has 34 valence electrons. The van der Waals surface area contributed by atoms with Crippen molar-refractivity contribution in [2.24, 2.45) is 0 Å². The SMILES string of the molecule is [Ag+3].[O-]P([O-])[O-]. The molecule has 0 bridgehead atoms. The zero-order chi connectivity index (χ0) is 3.58. The Morgan fingerprint density at radius 2 is 1.00 bits per heavy atom. The van der Waals surface area contributed by atoms with Crippen LogP contribution in [0.15, 0.2) is 0 Å². The van der Waals surface area contributed by atoms with Crippen molar-refractivity contribution in [1.82, 2.24) is 0 Å². The van der Waals surface area contributed by atoms with E-state index in [1.165, 1.54) is 0 Å². The molecule has 0 aliphatic rings. The van der Waals surface area contributed by atoms with E-state index in [0.29, 0.717) is 0 Å². The van der Waals surface area contributed by atoms with Crippen LogP contribution in [0.25, 0.3) is 0 Å². The molecule has 0 aliphatic heterocycles. The topological polar surface area (TPSA) is 69.2 Å². The van der Waals surface area contributed by atoms with Crippen molar-refractivity contribution in [2.45, 2.75) is 0 Å². The average molecular weight is 187 g/mol. The van der Waals surface area contributed by atoms with Crippen LogP contribution in [-0.2, 0) is 22.4 Å². The maximum Gasteiger partial charge on any atom is 3.00 e. The molecular weight excluding hydrogens is 187 g/mol. The van der Waals surface area contributed by atoms with E-state index >= 15 is 0 Å². The maximum absolute atomic E-state index is 8.48. The largest absolute Gasteiger partial charge is 3.00 e. The van der Waals surface area contributed by atoms with Crippen LogP contribution in [0.3, 0.4) is 0 Å². The molecule has 0 aromatic rings. The Balaban J connectivity index is 0. The van der Waals surface area contributed by atoms with Crippen molar-refractivity contribution >= 4 is 8.60 Å². The third-order valence-electron chi connectivity index (χ3n) is 0. The van der Waals surface area contributed by atoms with Gasteiger partial charge in [-0.15, -0.1) is 0 Å². The van der Waals surface area contributed by atoms with E-state index < -0.39 is 8.60 Å². The summed E-state index contributed by atoms with van der Waals surface area (Å²) >= 11 is 0. The minimum atomic E-state index is -3.37. The molecule has 5 heavy (non-hydrogen) atoms. The predicted octanol–water partition coefficient (Wildman–Crippen LogP) is -2.71. The summed E-state index contributed by atoms with van der Waals surface area (Å²) in [7, 11) is -3.37. The Hall–Kier alpha value is 1.05. The summed E-state index contributed by atoms with van der Waals surface area (Å²) in [6.45, 7) is 0. The second-order valence-corrected chi connectivity index (χ2v) is 0.671. The van der Waals surface area contributed by atoms with E-state index in [9.17, 15) is 0 Å². The second kappa shape index (κ2) is 5.05. The van der Waals surface area contributed by atoms with Gasteiger partial charge >= 0.3 is 22.4 Å². The molecule has 0 amide bonds. The third kappa shape index (κ3) is 42.6. The Labute approximate surface area is 46.2 Å². The Kier molecular flexibility index (Phi) is 9.50. The molecule has 0 fully saturated rings. The van der Waals surface area contributed by atoms with E-state index in [-0.39, 0.29) is 22.4 Å². The molecule has 0 radical (unpaired) electrons. The van der Waals surface area contributed by atoms with E-state index in [2.05, 4.69) is 0 Å². The molecule has 0 unspecified atom stereocenters. The Morgan fingerprint density at radius 3 is 1.00 bits per heavy atom. The van der Waals surface area contributed by atoms with E-state index in [0.717, 1.165) is 0 Å². The first-order valence-corrected chi connectivity index (χ1v) is 1.64. The van der Waals surface area contributed by atoms with Crippen LogP contribution in [-0.4, -0.2) is 0 Å². The van der Waals surface area contributed by atoms with Gasteiger partial charge in [-0.25, -0.2) is 0 Å². The molecule has 0 atom stereocenters. The molecule has 0 heterocycles. The van der Waals surface area contributed by atoms with Gasteiger partial charge in [-0.05, 0) is 0 Å². The first kappa shape index (κ1) is 9.41. The quantitative estimate of drug-likeness (QED) is 0.305. The molecule has 0 aromatic heterocycles. The third-order valence-corrected chi connectivity index (χ3v) is 0. The zero-order valence-electron chi connectivity index (χ0n) is 1.97. The smallest absolute Gasteiger partial charge is 0.854 e. The molecule has 5 heteroatoms. The number of rotatable bonds is 0. The van der Waals surface area contributed by atoms with Crippen molar-refractivity contribution < 1.29 is 37.1 Å². The van der Waals surface area contributed by atoms with Gasteiger partial charge in [-0.3, -0.25) is 0 Å². The summed E-state index contributed by atoms with van der Waals surface area (Å²) in [5.41, 5.74) is 0. The zero-order valence-corrected chi connectivity index (χ0v) is 4.35. The number of hydrogen-bond acceptors (Lipinski definition) is 3. The first-order chi connectivity index (χ1) is 1.73. The van der Waals surface area contributed by atoms with Crippen LogP contribution >= 0.6 is 8.60 Å². The van der Waals surface area contributed by atoms with Crippen LogP contribution in [0.2, 0.25) is 0 Å². The van der Waals surface area contributed by atoms with Crippen molar-refractivity contribution in [1.29, 1.82) is 0 Å². The Bertz CT molecular complexity index is 11.6. The van der Waals surface area contributed by atoms with Gasteiger partial charge in [0.15, 0.2) is 0 Å². The van der Waals surface area contributed by atoms with E-state index in [1.54, 1.807) is 0 Å². The van der Waals surface area contributed by atoms with Gasteiger partial charge in [0, 0.05) is 0 Å². The Morgan fingerprint density at radius 1 is 1.00 bits per heavy atom. The fraction of sp³-hybridized carbons (Fsp3) is 0. The van der Waals surface area contributed by atoms with Crippen molar-refractivity contribution in [3.63, 3.8) is 0 Å². The first-order valence-electron chi connectivity index (χ1n) is 0.548. The summed E-state index contributed by atoms with van der Waals surface area (Å²) in [6, 6.07) is 0. The molecule has 0 N–H and O–H groups in total. The molecule has 0 rings (SSSR count). The number of hydrogen-bond donors (Lipinski definition) is 0. The second-order valence-electron chi connectivity index (χ2n) is 0.224. The summed E-state index contributed by atoms with van der Waals surface area (Å²) in [6.07, 6.45) is 0. The standard InChI is InChI=1S/Ag.O3P/c;1-4(2)3/q+3;-3. The van der Waals surface area contributed by atoms with Gasteiger partial charge < -0.3 is 23.3 Å². The maximum atomic E-state index is 8.48. The predicted molar refractivity (Wildman–Crippen MR) is 6.92 cm³/mol. The monoisotopic (exact) mass is 186 g/mol. The fourth-order valence-electron chi connectivity index (χ4n) is 0. The average Bonchev–Trinajstić information content (AvgIpc) is 0.811. The summed E-state index contributed by atoms with van der Waals surface area (Å²) in [5, 5.41) is 0. The van der Waals surface area contributed by atoms with Crippen LogP contribution in [0.4, 0.5) is 0 Å². The van der Waals surface area contributed by atoms with Gasteiger partial charge in [0.25, 0.3) is 0 Å². The van der Waals surface area contributed by atoms with Gasteiger partial charge in [0.2, 0.25) is 0 Å². The molecule has 0 spiro atoms. The van der Waals surface area contributed by atoms with E-state index in [1.807, 2.05) is 0 Å². The molecule has 0 aliphatic carbocycles. The van der Waals surface area contributed by atoms with Crippen LogP contribution in [0, 0.1) is 0 Å². The van der Waals surface area contributed by atoms with Crippen molar-refractivity contribution in [3.8, 4) is 0 Å². The van der Waals surface area contributed by atoms with Crippen LogP contribution in [0.5, 0.6) is 0 Å². The summed E-state index contributed by atoms with van der Waals surface area (Å²) < 4.78 is 0. The van der Waals surface area contributed by atoms with Crippen LogP contribution < -0.4 is 14.7 Å². The minimum Gasteiger partial charge on any atom is -0.854 e. The molecule has 0 aromatic carbocycles. The molecular formula is AgO3P. The fourth-order valence-corrected chi connectivity index (χ4v) is 0. The van der Waals surface area contributed by atoms with Gasteiger partial charge in [0.05, 0.1) is 0 Å². The summed E-state index contributed by atoms with van der Waals surface area (Å²) in [5.74, 6) is 0.